The van der Waals surface area contributed by atoms with E-state index in [9.17, 15) is 19.7 Å². The summed E-state index contributed by atoms with van der Waals surface area (Å²) in [5, 5.41) is 23.8. The van der Waals surface area contributed by atoms with Gasteiger partial charge in [0, 0.05) is 17.1 Å². The van der Waals surface area contributed by atoms with Crippen molar-refractivity contribution in [1.82, 2.24) is 0 Å². The number of anilines is 1. The number of esters is 1. The summed E-state index contributed by atoms with van der Waals surface area (Å²) >= 11 is 0.905. The number of carbonyl (C=O) groups excluding carboxylic acids is 2. The molecule has 0 saturated heterocycles. The van der Waals surface area contributed by atoms with Crippen LogP contribution in [0.4, 0.5) is 10.7 Å². The minimum atomic E-state index is -0.662. The fourth-order valence-electron chi connectivity index (χ4n) is 1.93. The Hall–Kier alpha value is -3.51. The van der Waals surface area contributed by atoms with Gasteiger partial charge in [0.05, 0.1) is 17.1 Å². The number of hydrogen-bond donors (Lipinski definition) is 1. The van der Waals surface area contributed by atoms with E-state index >= 15 is 0 Å². The predicted molar refractivity (Wildman–Crippen MR) is 95.6 cm³/mol. The zero-order chi connectivity index (χ0) is 19.1. The summed E-state index contributed by atoms with van der Waals surface area (Å²) in [6.45, 7) is 1.96. The highest BCUT2D eigenvalue weighted by Gasteiger charge is 2.13. The molecule has 0 atom stereocenters. The minimum Gasteiger partial charge on any atom is -0.462 e. The number of benzene rings is 1. The van der Waals surface area contributed by atoms with Crippen LogP contribution in [0.5, 0.6) is 0 Å². The average molecular weight is 371 g/mol. The Morgan fingerprint density at radius 2 is 2.08 bits per heavy atom. The van der Waals surface area contributed by atoms with Crippen molar-refractivity contribution < 1.29 is 19.2 Å². The van der Waals surface area contributed by atoms with Crippen LogP contribution < -0.4 is 5.32 Å². The van der Waals surface area contributed by atoms with Crippen LogP contribution >= 0.6 is 11.3 Å². The molecule has 2 aromatic rings. The molecule has 132 valence electrons. The molecule has 0 aliphatic rings. The third kappa shape index (κ3) is 4.75. The lowest BCUT2D eigenvalue weighted by Crippen LogP contribution is -2.13. The number of thiophene rings is 1. The maximum atomic E-state index is 12.2. The molecule has 0 aliphatic carbocycles. The lowest BCUT2D eigenvalue weighted by molar-refractivity contribution is -0.380. The Balaban J connectivity index is 2.11. The summed E-state index contributed by atoms with van der Waals surface area (Å²) in [4.78, 5) is 33.9. The van der Waals surface area contributed by atoms with Gasteiger partial charge in [0.1, 0.15) is 11.6 Å². The number of rotatable bonds is 6. The fraction of sp³-hybridized carbons (Fsp3) is 0.118. The van der Waals surface area contributed by atoms with E-state index in [2.05, 4.69) is 5.32 Å². The number of nitro groups is 1. The molecule has 1 heterocycles. The van der Waals surface area contributed by atoms with Gasteiger partial charge in [-0.25, -0.2) is 4.79 Å². The molecule has 1 N–H and O–H groups in total. The van der Waals surface area contributed by atoms with Gasteiger partial charge in [-0.2, -0.15) is 5.26 Å². The molecule has 0 fully saturated rings. The highest BCUT2D eigenvalue weighted by atomic mass is 32.1. The van der Waals surface area contributed by atoms with Crippen molar-refractivity contribution in [1.29, 1.82) is 5.26 Å². The molecule has 1 amide bonds. The zero-order valence-electron chi connectivity index (χ0n) is 13.6. The lowest BCUT2D eigenvalue weighted by Gasteiger charge is -2.06. The number of hydrogen-bond acceptors (Lipinski definition) is 7. The van der Waals surface area contributed by atoms with Gasteiger partial charge in [-0.3, -0.25) is 14.9 Å². The molecule has 26 heavy (non-hydrogen) atoms. The number of nitrogens with one attached hydrogen (secondary N) is 1. The highest BCUT2D eigenvalue weighted by Crippen LogP contribution is 2.24. The van der Waals surface area contributed by atoms with E-state index in [1.807, 2.05) is 0 Å². The van der Waals surface area contributed by atoms with Crippen LogP contribution in [0, 0.1) is 21.4 Å². The van der Waals surface area contributed by atoms with Gasteiger partial charge in [0.15, 0.2) is 0 Å². The van der Waals surface area contributed by atoms with Gasteiger partial charge in [-0.1, -0.05) is 11.3 Å². The molecule has 8 nitrogen and oxygen atoms in total. The maximum absolute atomic E-state index is 12.2. The summed E-state index contributed by atoms with van der Waals surface area (Å²) in [5.74, 6) is -1.13. The first-order valence-electron chi connectivity index (χ1n) is 7.38. The van der Waals surface area contributed by atoms with Gasteiger partial charge in [-0.05, 0) is 42.8 Å². The Morgan fingerprint density at radius 3 is 2.62 bits per heavy atom. The van der Waals surface area contributed by atoms with Crippen molar-refractivity contribution in [3.63, 3.8) is 0 Å². The van der Waals surface area contributed by atoms with Gasteiger partial charge >= 0.3 is 11.0 Å². The number of nitrogens with zero attached hydrogens (tertiary/aromatic N) is 2. The van der Waals surface area contributed by atoms with Crippen LogP contribution in [-0.2, 0) is 9.53 Å². The molecular weight excluding hydrogens is 358 g/mol. The lowest BCUT2D eigenvalue weighted by atomic mass is 10.1. The SMILES string of the molecule is CCOC(=O)c1ccc(NC(=O)/C(C#N)=C/c2csc([N+](=O)[O-])c2)cc1. The van der Waals surface area contributed by atoms with Crippen LogP contribution in [0.3, 0.4) is 0 Å². The first-order valence-corrected chi connectivity index (χ1v) is 8.25. The minimum absolute atomic E-state index is 0.0801. The molecule has 0 aliphatic heterocycles. The summed E-state index contributed by atoms with van der Waals surface area (Å²) in [6.07, 6.45) is 1.27. The Labute approximate surface area is 152 Å². The molecule has 9 heteroatoms. The van der Waals surface area contributed by atoms with E-state index in [-0.39, 0.29) is 17.2 Å². The smallest absolute Gasteiger partial charge is 0.338 e. The zero-order valence-corrected chi connectivity index (χ0v) is 14.4. The molecule has 1 aromatic heterocycles. The molecule has 0 unspecified atom stereocenters. The second-order valence-electron chi connectivity index (χ2n) is 4.90. The standard InChI is InChI=1S/C17H13N3O5S/c1-2-25-17(22)12-3-5-14(6-4-12)19-16(21)13(9-18)7-11-8-15(20(23)24)26-10-11/h3-8,10H,2H2,1H3,(H,19,21)/b13-7+. The number of ether oxygens (including phenoxy) is 1. The van der Waals surface area contributed by atoms with Crippen LogP contribution in [0.25, 0.3) is 6.08 Å². The fourth-order valence-corrected chi connectivity index (χ4v) is 2.61. The van der Waals surface area contributed by atoms with Crippen LogP contribution in [0.1, 0.15) is 22.8 Å². The van der Waals surface area contributed by atoms with Gasteiger partial charge in [0.2, 0.25) is 0 Å². The topological polar surface area (TPSA) is 122 Å². The molecule has 0 bridgehead atoms. The number of amides is 1. The van der Waals surface area contributed by atoms with Gasteiger partial charge in [-0.15, -0.1) is 0 Å². The molecule has 0 radical (unpaired) electrons. The van der Waals surface area contributed by atoms with Crippen molar-refractivity contribution in [3.8, 4) is 6.07 Å². The van der Waals surface area contributed by atoms with E-state index in [0.29, 0.717) is 16.8 Å². The molecule has 0 saturated carbocycles. The second kappa shape index (κ2) is 8.55. The van der Waals surface area contributed by atoms with Gasteiger partial charge < -0.3 is 10.1 Å². The van der Waals surface area contributed by atoms with Crippen LogP contribution in [0.2, 0.25) is 0 Å². The maximum Gasteiger partial charge on any atom is 0.338 e. The second-order valence-corrected chi connectivity index (χ2v) is 5.79. The van der Waals surface area contributed by atoms with Crippen molar-refractivity contribution >= 4 is 40.0 Å². The quantitative estimate of drug-likeness (QED) is 0.273. The molecule has 1 aromatic carbocycles. The van der Waals surface area contributed by atoms with Gasteiger partial charge in [0.25, 0.3) is 5.91 Å². The van der Waals surface area contributed by atoms with E-state index < -0.39 is 16.8 Å². The number of carbonyl (C=O) groups is 2. The Morgan fingerprint density at radius 1 is 1.38 bits per heavy atom. The van der Waals surface area contributed by atoms with Crippen LogP contribution in [0.15, 0.2) is 41.3 Å². The predicted octanol–water partition coefficient (Wildman–Crippen LogP) is 3.38. The van der Waals surface area contributed by atoms with E-state index in [1.54, 1.807) is 13.0 Å². The summed E-state index contributed by atoms with van der Waals surface area (Å²) in [5.41, 5.74) is 0.921. The molecule has 0 spiro atoms. The Bertz CT molecular complexity index is 909. The van der Waals surface area contributed by atoms with Crippen molar-refractivity contribution in [2.45, 2.75) is 6.92 Å². The van der Waals surface area contributed by atoms with Crippen molar-refractivity contribution in [3.05, 3.63) is 62.5 Å². The third-order valence-electron chi connectivity index (χ3n) is 3.12. The average Bonchev–Trinajstić information content (AvgIpc) is 3.09. The normalized spacial score (nSPS) is 10.7. The first-order chi connectivity index (χ1) is 12.4. The van der Waals surface area contributed by atoms with Crippen LogP contribution in [-0.4, -0.2) is 23.4 Å². The van der Waals surface area contributed by atoms with E-state index in [4.69, 9.17) is 10.00 Å². The highest BCUT2D eigenvalue weighted by molar-refractivity contribution is 7.13. The summed E-state index contributed by atoms with van der Waals surface area (Å²) < 4.78 is 4.86. The van der Waals surface area contributed by atoms with Crippen molar-refractivity contribution in [2.75, 3.05) is 11.9 Å². The summed E-state index contributed by atoms with van der Waals surface area (Å²) in [6, 6.07) is 9.05. The largest absolute Gasteiger partial charge is 0.462 e. The molecule has 2 rings (SSSR count). The third-order valence-corrected chi connectivity index (χ3v) is 4.01. The first kappa shape index (κ1) is 18.8. The van der Waals surface area contributed by atoms with Crippen molar-refractivity contribution in [2.24, 2.45) is 0 Å². The van der Waals surface area contributed by atoms with E-state index in [0.717, 1.165) is 11.3 Å². The monoisotopic (exact) mass is 371 g/mol. The molecular formula is C17H13N3O5S. The Kier molecular flexibility index (Phi) is 6.19. The van der Waals surface area contributed by atoms with E-state index in [1.165, 1.54) is 41.8 Å². The summed E-state index contributed by atoms with van der Waals surface area (Å²) in [7, 11) is 0. The number of nitriles is 1.